The van der Waals surface area contributed by atoms with Crippen molar-refractivity contribution in [3.63, 3.8) is 0 Å². The van der Waals surface area contributed by atoms with Crippen molar-refractivity contribution < 1.29 is 45.8 Å². The number of hydrogen-bond donors (Lipinski definition) is 3. The van der Waals surface area contributed by atoms with E-state index in [1.807, 2.05) is 0 Å². The standard InChI is InChI=1S/C23H20ClF4N3O6S2/c1-30(38(35)15-8-17(25)22(33)18(26)9-15)6-7-31(12-21(32)29-34)39(36)16-10-19(27)23(20(28)11-16)37-14-4-2-13(24)3-5-14/h2-5,8-11,33-34H,6-7,12H2,1H3,(H,29,32). The van der Waals surface area contributed by atoms with Crippen LogP contribution in [0.1, 0.15) is 0 Å². The van der Waals surface area contributed by atoms with Crippen molar-refractivity contribution in [2.24, 2.45) is 0 Å². The van der Waals surface area contributed by atoms with E-state index < -0.39 is 74.1 Å². The van der Waals surface area contributed by atoms with Gasteiger partial charge in [0.05, 0.1) is 16.3 Å². The molecule has 0 spiro atoms. The van der Waals surface area contributed by atoms with Gasteiger partial charge in [0.2, 0.25) is 0 Å². The Balaban J connectivity index is 1.79. The minimum Gasteiger partial charge on any atom is -0.503 e. The third-order valence-corrected chi connectivity index (χ3v) is 8.08. The second-order valence-electron chi connectivity index (χ2n) is 7.76. The summed E-state index contributed by atoms with van der Waals surface area (Å²) in [5, 5.41) is 18.5. The van der Waals surface area contributed by atoms with Crippen LogP contribution in [0.25, 0.3) is 0 Å². The average Bonchev–Trinajstić information content (AvgIpc) is 2.91. The summed E-state index contributed by atoms with van der Waals surface area (Å²) >= 11 is 5.78. The molecule has 0 aliphatic rings. The summed E-state index contributed by atoms with van der Waals surface area (Å²) in [6.45, 7) is -1.26. The molecule has 0 aromatic heterocycles. The minimum absolute atomic E-state index is 0.0803. The highest BCUT2D eigenvalue weighted by atomic mass is 35.5. The van der Waals surface area contributed by atoms with E-state index in [1.165, 1.54) is 36.8 Å². The van der Waals surface area contributed by atoms with Crippen molar-refractivity contribution in [3.8, 4) is 17.2 Å². The van der Waals surface area contributed by atoms with E-state index in [0.717, 1.165) is 20.7 Å². The Morgan fingerprint density at radius 1 is 0.923 bits per heavy atom. The molecular formula is C23H20ClF4N3O6S2. The molecule has 3 aromatic carbocycles. The van der Waals surface area contributed by atoms with Crippen molar-refractivity contribution in [3.05, 3.63) is 76.8 Å². The molecule has 0 aliphatic carbocycles. The second-order valence-corrected chi connectivity index (χ2v) is 11.3. The Morgan fingerprint density at radius 3 is 1.97 bits per heavy atom. The molecule has 0 saturated carbocycles. The lowest BCUT2D eigenvalue weighted by atomic mass is 10.3. The van der Waals surface area contributed by atoms with Crippen molar-refractivity contribution in [1.82, 2.24) is 14.1 Å². The largest absolute Gasteiger partial charge is 0.503 e. The summed E-state index contributed by atoms with van der Waals surface area (Å²) in [5.41, 5.74) is 1.35. The topological polar surface area (TPSA) is 119 Å². The van der Waals surface area contributed by atoms with Crippen molar-refractivity contribution >= 4 is 39.5 Å². The van der Waals surface area contributed by atoms with Crippen molar-refractivity contribution in [2.75, 3.05) is 26.7 Å². The lowest BCUT2D eigenvalue weighted by Crippen LogP contribution is -2.41. The normalized spacial score (nSPS) is 12.9. The fourth-order valence-electron chi connectivity index (χ4n) is 3.08. The molecule has 0 bridgehead atoms. The van der Waals surface area contributed by atoms with E-state index in [0.29, 0.717) is 17.2 Å². The molecule has 2 unspecified atom stereocenters. The monoisotopic (exact) mass is 609 g/mol. The van der Waals surface area contributed by atoms with Gasteiger partial charge in [-0.05, 0) is 48.5 Å². The van der Waals surface area contributed by atoms with Gasteiger partial charge in [0.15, 0.2) is 34.8 Å². The van der Waals surface area contributed by atoms with Crippen LogP contribution in [0, 0.1) is 23.3 Å². The highest BCUT2D eigenvalue weighted by molar-refractivity contribution is 7.83. The molecule has 9 nitrogen and oxygen atoms in total. The molecular weight excluding hydrogens is 590 g/mol. The van der Waals surface area contributed by atoms with Crippen LogP contribution in [-0.4, -0.2) is 59.9 Å². The minimum atomic E-state index is -2.38. The molecule has 39 heavy (non-hydrogen) atoms. The van der Waals surface area contributed by atoms with Gasteiger partial charge in [0, 0.05) is 25.2 Å². The van der Waals surface area contributed by atoms with Gasteiger partial charge in [-0.3, -0.25) is 10.0 Å². The van der Waals surface area contributed by atoms with Crippen LogP contribution in [0.3, 0.4) is 0 Å². The van der Waals surface area contributed by atoms with E-state index in [4.69, 9.17) is 21.5 Å². The number of hydroxylamine groups is 1. The lowest BCUT2D eigenvalue weighted by Gasteiger charge is -2.23. The number of rotatable bonds is 11. The molecule has 210 valence electrons. The summed E-state index contributed by atoms with van der Waals surface area (Å²) in [6, 6.07) is 8.45. The van der Waals surface area contributed by atoms with Crippen molar-refractivity contribution in [2.45, 2.75) is 9.79 Å². The number of carbonyl (C=O) groups is 1. The molecule has 0 saturated heterocycles. The van der Waals surface area contributed by atoms with Gasteiger partial charge in [-0.25, -0.2) is 40.1 Å². The molecule has 1 amide bonds. The maximum absolute atomic E-state index is 14.7. The number of carbonyl (C=O) groups excluding carboxylic acids is 1. The van der Waals surface area contributed by atoms with Crippen LogP contribution in [0.15, 0.2) is 58.3 Å². The van der Waals surface area contributed by atoms with Crippen LogP contribution >= 0.6 is 11.6 Å². The highest BCUT2D eigenvalue weighted by Gasteiger charge is 2.24. The SMILES string of the molecule is CN(CCN(CC(=O)NO)S(=O)c1cc(F)c(Oc2ccc(Cl)cc2)c(F)c1)S(=O)c1cc(F)c(O)c(F)c1. The number of nitrogens with zero attached hydrogens (tertiary/aromatic N) is 2. The van der Waals surface area contributed by atoms with E-state index in [-0.39, 0.29) is 23.7 Å². The number of hydrogen-bond acceptors (Lipinski definition) is 6. The number of aromatic hydroxyl groups is 1. The first-order valence-electron chi connectivity index (χ1n) is 10.7. The Morgan fingerprint density at radius 2 is 1.44 bits per heavy atom. The predicted octanol–water partition coefficient (Wildman–Crippen LogP) is 3.88. The first-order valence-corrected chi connectivity index (χ1v) is 13.3. The summed E-state index contributed by atoms with van der Waals surface area (Å²) in [7, 11) is -3.25. The Kier molecular flexibility index (Phi) is 10.4. The first kappa shape index (κ1) is 30.5. The summed E-state index contributed by atoms with van der Waals surface area (Å²) in [4.78, 5) is 11.1. The number of halogens is 5. The van der Waals surface area contributed by atoms with Crippen LogP contribution < -0.4 is 10.2 Å². The fraction of sp³-hybridized carbons (Fsp3) is 0.174. The van der Waals surface area contributed by atoms with Gasteiger partial charge in [0.25, 0.3) is 5.91 Å². The zero-order chi connectivity index (χ0) is 28.9. The maximum atomic E-state index is 14.7. The van der Waals surface area contributed by atoms with Gasteiger partial charge in [-0.2, -0.15) is 0 Å². The summed E-state index contributed by atoms with van der Waals surface area (Å²) < 4.78 is 89.8. The quantitative estimate of drug-likeness (QED) is 0.173. The Bertz CT molecular complexity index is 1370. The Hall–Kier alpha value is -3.08. The van der Waals surface area contributed by atoms with Gasteiger partial charge in [0.1, 0.15) is 27.7 Å². The number of phenols is 1. The zero-order valence-corrected chi connectivity index (χ0v) is 22.3. The van der Waals surface area contributed by atoms with Crippen LogP contribution in [0.5, 0.6) is 17.2 Å². The third kappa shape index (κ3) is 7.74. The van der Waals surface area contributed by atoms with E-state index in [2.05, 4.69) is 0 Å². The average molecular weight is 610 g/mol. The molecule has 3 aromatic rings. The first-order chi connectivity index (χ1) is 18.4. The van der Waals surface area contributed by atoms with Crippen LogP contribution in [0.4, 0.5) is 17.6 Å². The van der Waals surface area contributed by atoms with Crippen molar-refractivity contribution in [1.29, 1.82) is 0 Å². The number of benzene rings is 3. The lowest BCUT2D eigenvalue weighted by molar-refractivity contribution is -0.129. The van der Waals surface area contributed by atoms with Gasteiger partial charge >= 0.3 is 0 Å². The van der Waals surface area contributed by atoms with Gasteiger partial charge < -0.3 is 9.84 Å². The number of phenolic OH excluding ortho intramolecular Hbond substituents is 1. The number of nitrogens with one attached hydrogen (secondary N) is 1. The van der Waals surface area contributed by atoms with Gasteiger partial charge in [-0.15, -0.1) is 0 Å². The molecule has 0 fully saturated rings. The smallest absolute Gasteiger partial charge is 0.258 e. The van der Waals surface area contributed by atoms with Crippen LogP contribution in [0.2, 0.25) is 5.02 Å². The van der Waals surface area contributed by atoms with E-state index in [9.17, 15) is 35.9 Å². The maximum Gasteiger partial charge on any atom is 0.258 e. The molecule has 2 atom stereocenters. The molecule has 0 heterocycles. The van der Waals surface area contributed by atoms with Crippen LogP contribution in [-0.2, 0) is 26.8 Å². The van der Waals surface area contributed by atoms with Gasteiger partial charge in [-0.1, -0.05) is 11.6 Å². The predicted molar refractivity (Wildman–Crippen MR) is 133 cm³/mol. The number of ether oxygens (including phenoxy) is 1. The van der Waals surface area contributed by atoms with E-state index in [1.54, 1.807) is 0 Å². The van der Waals surface area contributed by atoms with E-state index >= 15 is 0 Å². The fourth-order valence-corrected chi connectivity index (χ4v) is 5.41. The summed E-state index contributed by atoms with van der Waals surface area (Å²) in [6.07, 6.45) is 0. The molecule has 3 rings (SSSR count). The molecule has 16 heteroatoms. The third-order valence-electron chi connectivity index (χ3n) is 5.03. The zero-order valence-electron chi connectivity index (χ0n) is 19.9. The molecule has 0 radical (unpaired) electrons. The highest BCUT2D eigenvalue weighted by Crippen LogP contribution is 2.31. The number of likely N-dealkylation sites (N-methyl/N-ethyl adjacent to an activating group) is 1. The Labute approximate surface area is 229 Å². The molecule has 3 N–H and O–H groups in total. The second kappa shape index (κ2) is 13.3. The molecule has 0 aliphatic heterocycles. The summed E-state index contributed by atoms with van der Waals surface area (Å²) in [5.74, 6) is -8.01. The number of amides is 1.